The van der Waals surface area contributed by atoms with Crippen molar-refractivity contribution in [3.8, 4) is 11.5 Å². The first-order valence-corrected chi connectivity index (χ1v) is 7.53. The quantitative estimate of drug-likeness (QED) is 0.927. The molecule has 2 aromatic rings. The van der Waals surface area contributed by atoms with Gasteiger partial charge in [-0.1, -0.05) is 15.9 Å². The van der Waals surface area contributed by atoms with Crippen molar-refractivity contribution in [2.75, 3.05) is 6.79 Å². The zero-order valence-corrected chi connectivity index (χ0v) is 12.8. The summed E-state index contributed by atoms with van der Waals surface area (Å²) in [6.07, 6.45) is 1.92. The number of hydrogen-bond acceptors (Lipinski definition) is 5. The summed E-state index contributed by atoms with van der Waals surface area (Å²) in [5.41, 5.74) is 1.16. The first kappa shape index (κ1) is 12.9. The second-order valence-electron chi connectivity index (χ2n) is 4.25. The van der Waals surface area contributed by atoms with Crippen LogP contribution in [0.25, 0.3) is 0 Å². The molecule has 19 heavy (non-hydrogen) atoms. The van der Waals surface area contributed by atoms with Crippen LogP contribution in [0.1, 0.15) is 15.4 Å². The van der Waals surface area contributed by atoms with Crippen LogP contribution in [0.5, 0.6) is 11.5 Å². The Kier molecular flexibility index (Phi) is 3.72. The maximum absolute atomic E-state index is 5.38. The number of ether oxygens (including phenoxy) is 2. The molecule has 0 unspecified atom stereocenters. The molecule has 0 saturated carbocycles. The third kappa shape index (κ3) is 2.91. The van der Waals surface area contributed by atoms with Gasteiger partial charge in [-0.05, 0) is 24.6 Å². The molecule has 1 aromatic heterocycles. The lowest BCUT2D eigenvalue weighted by Gasteiger charge is -2.07. The number of nitrogens with one attached hydrogen (secondary N) is 1. The van der Waals surface area contributed by atoms with Crippen LogP contribution >= 0.6 is 27.3 Å². The highest BCUT2D eigenvalue weighted by atomic mass is 79.9. The zero-order valence-electron chi connectivity index (χ0n) is 10.4. The Morgan fingerprint density at radius 3 is 2.84 bits per heavy atom. The smallest absolute Gasteiger partial charge is 0.231 e. The number of hydrogen-bond donors (Lipinski definition) is 1. The summed E-state index contributed by atoms with van der Waals surface area (Å²) in [6.45, 7) is 3.92. The van der Waals surface area contributed by atoms with Crippen LogP contribution in [0.4, 0.5) is 0 Å². The highest BCUT2D eigenvalue weighted by Gasteiger charge is 2.15. The van der Waals surface area contributed by atoms with Gasteiger partial charge in [-0.2, -0.15) is 0 Å². The fourth-order valence-corrected chi connectivity index (χ4v) is 3.13. The zero-order chi connectivity index (χ0) is 13.2. The third-order valence-electron chi connectivity index (χ3n) is 2.83. The summed E-state index contributed by atoms with van der Waals surface area (Å²) >= 11 is 5.27. The van der Waals surface area contributed by atoms with Crippen LogP contribution in [0.2, 0.25) is 0 Å². The Balaban J connectivity index is 1.64. The summed E-state index contributed by atoms with van der Waals surface area (Å²) in [5.74, 6) is 1.61. The van der Waals surface area contributed by atoms with Gasteiger partial charge in [-0.3, -0.25) is 0 Å². The molecule has 0 bridgehead atoms. The molecule has 1 aliphatic rings. The molecular weight excluding hydrogens is 328 g/mol. The number of nitrogens with zero attached hydrogens (tertiary/aromatic N) is 1. The fraction of sp³-hybridized carbons (Fsp3) is 0.308. The number of aromatic nitrogens is 1. The number of aryl methyl sites for hydroxylation is 1. The van der Waals surface area contributed by atoms with Crippen LogP contribution in [0.15, 0.2) is 22.8 Å². The second kappa shape index (κ2) is 5.48. The van der Waals surface area contributed by atoms with Crippen molar-refractivity contribution in [2.24, 2.45) is 0 Å². The summed E-state index contributed by atoms with van der Waals surface area (Å²) in [6, 6.07) is 3.97. The van der Waals surface area contributed by atoms with Gasteiger partial charge in [0.05, 0.1) is 5.01 Å². The lowest BCUT2D eigenvalue weighted by molar-refractivity contribution is 0.174. The Labute approximate surface area is 123 Å². The normalized spacial score (nSPS) is 12.9. The molecule has 1 aliphatic heterocycles. The predicted octanol–water partition coefficient (Wildman–Crippen LogP) is 3.23. The monoisotopic (exact) mass is 340 g/mol. The van der Waals surface area contributed by atoms with Gasteiger partial charge in [-0.15, -0.1) is 11.3 Å². The number of halogens is 1. The van der Waals surface area contributed by atoms with Crippen LogP contribution in [-0.4, -0.2) is 11.8 Å². The summed E-state index contributed by atoms with van der Waals surface area (Å²) in [5, 5.41) is 4.51. The predicted molar refractivity (Wildman–Crippen MR) is 77.7 cm³/mol. The van der Waals surface area contributed by atoms with E-state index in [2.05, 4.69) is 26.2 Å². The van der Waals surface area contributed by atoms with Crippen molar-refractivity contribution in [3.63, 3.8) is 0 Å². The second-order valence-corrected chi connectivity index (χ2v) is 6.42. The minimum Gasteiger partial charge on any atom is -0.454 e. The number of benzene rings is 1. The van der Waals surface area contributed by atoms with E-state index in [0.29, 0.717) is 6.79 Å². The first-order chi connectivity index (χ1) is 9.22. The van der Waals surface area contributed by atoms with E-state index in [1.54, 1.807) is 11.3 Å². The fourth-order valence-electron chi connectivity index (χ4n) is 1.90. The molecule has 0 fully saturated rings. The van der Waals surface area contributed by atoms with Crippen LogP contribution in [-0.2, 0) is 13.1 Å². The molecule has 1 aromatic carbocycles. The molecule has 3 rings (SSSR count). The van der Waals surface area contributed by atoms with Crippen molar-refractivity contribution < 1.29 is 9.47 Å². The van der Waals surface area contributed by atoms with Crippen LogP contribution in [0, 0.1) is 6.92 Å². The maximum atomic E-state index is 5.38. The molecular formula is C13H13BrN2O2S. The van der Waals surface area contributed by atoms with Crippen LogP contribution in [0.3, 0.4) is 0 Å². The van der Waals surface area contributed by atoms with E-state index in [4.69, 9.17) is 9.47 Å². The third-order valence-corrected chi connectivity index (χ3v) is 4.48. The molecule has 0 atom stereocenters. The Morgan fingerprint density at radius 1 is 1.32 bits per heavy atom. The van der Waals surface area contributed by atoms with Crippen molar-refractivity contribution in [2.45, 2.75) is 20.0 Å². The number of rotatable bonds is 4. The van der Waals surface area contributed by atoms with Gasteiger partial charge in [0.25, 0.3) is 0 Å². The number of thiazole rings is 1. The van der Waals surface area contributed by atoms with Crippen LogP contribution < -0.4 is 14.8 Å². The molecule has 100 valence electrons. The average Bonchev–Trinajstić information content (AvgIpc) is 2.98. The lowest BCUT2D eigenvalue weighted by atomic mass is 10.2. The van der Waals surface area contributed by atoms with Gasteiger partial charge in [0, 0.05) is 28.6 Å². The molecule has 0 saturated heterocycles. The maximum Gasteiger partial charge on any atom is 0.231 e. The Hall–Kier alpha value is -1.11. The molecule has 4 nitrogen and oxygen atoms in total. The molecule has 0 radical (unpaired) electrons. The molecule has 0 amide bonds. The van der Waals surface area contributed by atoms with Gasteiger partial charge >= 0.3 is 0 Å². The summed E-state index contributed by atoms with van der Waals surface area (Å²) in [7, 11) is 0. The van der Waals surface area contributed by atoms with Crippen molar-refractivity contribution in [1.82, 2.24) is 10.3 Å². The highest BCUT2D eigenvalue weighted by molar-refractivity contribution is 9.10. The van der Waals surface area contributed by atoms with Gasteiger partial charge < -0.3 is 14.8 Å². The molecule has 0 spiro atoms. The molecule has 6 heteroatoms. The largest absolute Gasteiger partial charge is 0.454 e. The van der Waals surface area contributed by atoms with Crippen molar-refractivity contribution >= 4 is 27.3 Å². The van der Waals surface area contributed by atoms with E-state index in [0.717, 1.165) is 39.6 Å². The van der Waals surface area contributed by atoms with E-state index in [-0.39, 0.29) is 0 Å². The number of fused-ring (bicyclic) bond motifs is 1. The molecule has 1 N–H and O–H groups in total. The average molecular weight is 341 g/mol. The van der Waals surface area contributed by atoms with E-state index in [1.165, 1.54) is 4.88 Å². The Bertz CT molecular complexity index is 600. The summed E-state index contributed by atoms with van der Waals surface area (Å²) < 4.78 is 11.7. The van der Waals surface area contributed by atoms with Gasteiger partial charge in [-0.25, -0.2) is 4.98 Å². The van der Waals surface area contributed by atoms with Gasteiger partial charge in [0.15, 0.2) is 11.5 Å². The summed E-state index contributed by atoms with van der Waals surface area (Å²) in [4.78, 5) is 5.48. The molecule has 2 heterocycles. The topological polar surface area (TPSA) is 43.4 Å². The molecule has 0 aliphatic carbocycles. The minimum atomic E-state index is 0.304. The first-order valence-electron chi connectivity index (χ1n) is 5.92. The van der Waals surface area contributed by atoms with E-state index >= 15 is 0 Å². The minimum absolute atomic E-state index is 0.304. The van der Waals surface area contributed by atoms with Crippen molar-refractivity contribution in [1.29, 1.82) is 0 Å². The Morgan fingerprint density at radius 2 is 2.11 bits per heavy atom. The SMILES string of the molecule is Cc1ncc(CNCc2cc3c(cc2Br)OCO3)s1. The van der Waals surface area contributed by atoms with E-state index in [1.807, 2.05) is 25.3 Å². The van der Waals surface area contributed by atoms with E-state index < -0.39 is 0 Å². The van der Waals surface area contributed by atoms with Crippen molar-refractivity contribution in [3.05, 3.63) is 38.3 Å². The van der Waals surface area contributed by atoms with Gasteiger partial charge in [0.1, 0.15) is 0 Å². The lowest BCUT2D eigenvalue weighted by Crippen LogP contribution is -2.12. The highest BCUT2D eigenvalue weighted by Crippen LogP contribution is 2.36. The van der Waals surface area contributed by atoms with Gasteiger partial charge in [0.2, 0.25) is 6.79 Å². The standard InChI is InChI=1S/C13H13BrN2O2S/c1-8-16-6-10(19-8)5-15-4-9-2-12-13(3-11(9)14)18-7-17-12/h2-3,6,15H,4-5,7H2,1H3. The van der Waals surface area contributed by atoms with E-state index in [9.17, 15) is 0 Å².